The molecule has 0 aliphatic rings. The van der Waals surface area contributed by atoms with E-state index in [0.717, 1.165) is 11.3 Å². The van der Waals surface area contributed by atoms with Crippen LogP contribution in [0.2, 0.25) is 0 Å². The molecule has 2 aromatic rings. The molecule has 1 unspecified atom stereocenters. The van der Waals surface area contributed by atoms with Crippen molar-refractivity contribution in [1.82, 2.24) is 10.3 Å². The Hall–Kier alpha value is -2.72. The number of anilines is 1. The van der Waals surface area contributed by atoms with Gasteiger partial charge in [-0.25, -0.2) is 9.78 Å². The van der Waals surface area contributed by atoms with Crippen LogP contribution in [0.15, 0.2) is 22.8 Å². The molecule has 0 bridgehead atoms. The molecule has 9 nitrogen and oxygen atoms in total. The monoisotopic (exact) mass is 381 g/mol. The molecule has 2 rings (SSSR count). The fourth-order valence-electron chi connectivity index (χ4n) is 2.08. The summed E-state index contributed by atoms with van der Waals surface area (Å²) < 4.78 is 10.0. The Labute approximate surface area is 153 Å². The minimum absolute atomic E-state index is 0.181. The van der Waals surface area contributed by atoms with Crippen LogP contribution in [-0.4, -0.2) is 40.6 Å². The minimum Gasteiger partial charge on any atom is -0.480 e. The van der Waals surface area contributed by atoms with Crippen molar-refractivity contribution in [2.75, 3.05) is 11.9 Å². The number of rotatable bonds is 9. The first-order valence-corrected chi connectivity index (χ1v) is 8.65. The number of carboxylic acids is 1. The van der Waals surface area contributed by atoms with Crippen molar-refractivity contribution in [1.29, 1.82) is 0 Å². The lowest BCUT2D eigenvalue weighted by molar-refractivity contribution is -0.141. The average molecular weight is 381 g/mol. The van der Waals surface area contributed by atoms with Gasteiger partial charge in [0.1, 0.15) is 16.7 Å². The highest BCUT2D eigenvalue weighted by Crippen LogP contribution is 2.23. The van der Waals surface area contributed by atoms with Gasteiger partial charge in [-0.15, -0.1) is 0 Å². The number of aromatic nitrogens is 1. The van der Waals surface area contributed by atoms with Gasteiger partial charge in [-0.2, -0.15) is 0 Å². The van der Waals surface area contributed by atoms with Crippen LogP contribution < -0.4 is 10.6 Å². The second-order valence-corrected chi connectivity index (χ2v) is 6.26. The highest BCUT2D eigenvalue weighted by atomic mass is 32.1. The summed E-state index contributed by atoms with van der Waals surface area (Å²) in [4.78, 5) is 39.6. The summed E-state index contributed by atoms with van der Waals surface area (Å²) in [6.45, 7) is 3.74. The maximum absolute atomic E-state index is 12.1. The number of ether oxygens (including phenoxy) is 1. The lowest BCUT2D eigenvalue weighted by atomic mass is 10.2. The maximum atomic E-state index is 12.1. The third-order valence-electron chi connectivity index (χ3n) is 3.29. The van der Waals surface area contributed by atoms with Gasteiger partial charge in [0, 0.05) is 0 Å². The molecular formula is C16H19N3O6S. The van der Waals surface area contributed by atoms with Crippen molar-refractivity contribution >= 4 is 34.3 Å². The van der Waals surface area contributed by atoms with Crippen molar-refractivity contribution in [3.05, 3.63) is 34.7 Å². The number of carbonyl (C=O) groups excluding carboxylic acids is 2. The first-order valence-electron chi connectivity index (χ1n) is 7.83. The number of nitrogens with one attached hydrogen (secondary N) is 2. The molecule has 0 radical (unpaired) electrons. The van der Waals surface area contributed by atoms with E-state index in [9.17, 15) is 19.5 Å². The van der Waals surface area contributed by atoms with Gasteiger partial charge in [-0.3, -0.25) is 14.9 Å². The summed E-state index contributed by atoms with van der Waals surface area (Å²) in [5.41, 5.74) is 0.439. The molecule has 0 spiro atoms. The number of carbonyl (C=O) groups is 3. The molecule has 2 heterocycles. The Balaban J connectivity index is 1.94. The van der Waals surface area contributed by atoms with Crippen LogP contribution in [0.3, 0.4) is 0 Å². The average Bonchev–Trinajstić information content (AvgIpc) is 3.21. The molecule has 0 saturated heterocycles. The zero-order valence-electron chi connectivity index (χ0n) is 14.3. The van der Waals surface area contributed by atoms with E-state index in [1.165, 1.54) is 6.26 Å². The molecule has 0 fully saturated rings. The SMILES string of the molecule is CCOC(=O)c1sc(NC(=O)CC(NCc2ccco2)C(=O)O)nc1C. The molecule has 140 valence electrons. The van der Waals surface area contributed by atoms with Crippen LogP contribution in [0.1, 0.15) is 34.5 Å². The highest BCUT2D eigenvalue weighted by Gasteiger charge is 2.23. The van der Waals surface area contributed by atoms with E-state index in [1.807, 2.05) is 0 Å². The lowest BCUT2D eigenvalue weighted by Gasteiger charge is -2.12. The highest BCUT2D eigenvalue weighted by molar-refractivity contribution is 7.17. The van der Waals surface area contributed by atoms with E-state index >= 15 is 0 Å². The Morgan fingerprint density at radius 3 is 2.81 bits per heavy atom. The van der Waals surface area contributed by atoms with Gasteiger partial charge in [-0.1, -0.05) is 11.3 Å². The normalized spacial score (nSPS) is 11.8. The number of carboxylic acid groups (broad SMARTS) is 1. The summed E-state index contributed by atoms with van der Waals surface area (Å²) >= 11 is 0.982. The molecule has 0 aliphatic carbocycles. The van der Waals surface area contributed by atoms with Crippen LogP contribution in [0.5, 0.6) is 0 Å². The van der Waals surface area contributed by atoms with Crippen LogP contribution in [-0.2, 0) is 20.9 Å². The molecule has 1 atom stereocenters. The molecule has 26 heavy (non-hydrogen) atoms. The number of thiazole rings is 1. The van der Waals surface area contributed by atoms with E-state index < -0.39 is 23.9 Å². The maximum Gasteiger partial charge on any atom is 0.350 e. The summed E-state index contributed by atoms with van der Waals surface area (Å²) in [7, 11) is 0. The first-order chi connectivity index (χ1) is 12.4. The number of esters is 1. The van der Waals surface area contributed by atoms with Crippen LogP contribution in [0.25, 0.3) is 0 Å². The second kappa shape index (κ2) is 9.11. The van der Waals surface area contributed by atoms with Crippen LogP contribution in [0, 0.1) is 6.92 Å². The Kier molecular flexibility index (Phi) is 6.87. The van der Waals surface area contributed by atoms with Crippen molar-refractivity contribution < 1.29 is 28.6 Å². The minimum atomic E-state index is -1.16. The Morgan fingerprint density at radius 2 is 2.19 bits per heavy atom. The Morgan fingerprint density at radius 1 is 1.42 bits per heavy atom. The second-order valence-electron chi connectivity index (χ2n) is 5.26. The number of hydrogen-bond donors (Lipinski definition) is 3. The fraction of sp³-hybridized carbons (Fsp3) is 0.375. The smallest absolute Gasteiger partial charge is 0.350 e. The molecular weight excluding hydrogens is 362 g/mol. The predicted octanol–water partition coefficient (Wildman–Crippen LogP) is 1.79. The molecule has 0 saturated carbocycles. The van der Waals surface area contributed by atoms with E-state index in [4.69, 9.17) is 9.15 Å². The summed E-state index contributed by atoms with van der Waals surface area (Å²) in [6, 6.07) is 2.29. The number of nitrogens with zero attached hydrogens (tertiary/aromatic N) is 1. The van der Waals surface area contributed by atoms with Crippen LogP contribution in [0.4, 0.5) is 5.13 Å². The largest absolute Gasteiger partial charge is 0.480 e. The summed E-state index contributed by atoms with van der Waals surface area (Å²) in [5, 5.41) is 14.7. The molecule has 0 aromatic carbocycles. The van der Waals surface area contributed by atoms with E-state index in [0.29, 0.717) is 16.3 Å². The molecule has 3 N–H and O–H groups in total. The van der Waals surface area contributed by atoms with Crippen molar-refractivity contribution in [3.63, 3.8) is 0 Å². The van der Waals surface area contributed by atoms with Gasteiger partial charge in [-0.05, 0) is 26.0 Å². The van der Waals surface area contributed by atoms with E-state index in [2.05, 4.69) is 15.6 Å². The van der Waals surface area contributed by atoms with Gasteiger partial charge in [0.05, 0.1) is 31.5 Å². The summed E-state index contributed by atoms with van der Waals surface area (Å²) in [6.07, 6.45) is 1.18. The van der Waals surface area contributed by atoms with E-state index in [1.54, 1.807) is 26.0 Å². The van der Waals surface area contributed by atoms with Gasteiger partial charge >= 0.3 is 11.9 Å². The Bertz CT molecular complexity index is 771. The lowest BCUT2D eigenvalue weighted by Crippen LogP contribution is -2.39. The number of aliphatic carboxylic acids is 1. The number of hydrogen-bond acceptors (Lipinski definition) is 8. The van der Waals surface area contributed by atoms with Crippen molar-refractivity contribution in [3.8, 4) is 0 Å². The molecule has 10 heteroatoms. The zero-order valence-corrected chi connectivity index (χ0v) is 15.1. The standard InChI is InChI=1S/C16H19N3O6S/c1-3-24-15(23)13-9(2)18-16(26-13)19-12(20)7-11(14(21)22)17-8-10-5-4-6-25-10/h4-6,11,17H,3,7-8H2,1-2H3,(H,21,22)(H,18,19,20). The number of amides is 1. The first kappa shape index (κ1) is 19.6. The summed E-state index contributed by atoms with van der Waals surface area (Å²) in [5.74, 6) is -1.64. The van der Waals surface area contributed by atoms with Gasteiger partial charge in [0.15, 0.2) is 5.13 Å². The molecule has 0 aliphatic heterocycles. The van der Waals surface area contributed by atoms with Gasteiger partial charge in [0.2, 0.25) is 5.91 Å². The van der Waals surface area contributed by atoms with Crippen molar-refractivity contribution in [2.24, 2.45) is 0 Å². The number of furan rings is 1. The van der Waals surface area contributed by atoms with Crippen molar-refractivity contribution in [2.45, 2.75) is 32.9 Å². The van der Waals surface area contributed by atoms with Gasteiger partial charge in [0.25, 0.3) is 0 Å². The zero-order chi connectivity index (χ0) is 19.1. The molecule has 1 amide bonds. The van der Waals surface area contributed by atoms with E-state index in [-0.39, 0.29) is 24.7 Å². The topological polar surface area (TPSA) is 131 Å². The fourth-order valence-corrected chi connectivity index (χ4v) is 2.95. The third-order valence-corrected chi connectivity index (χ3v) is 4.35. The quantitative estimate of drug-likeness (QED) is 0.560. The molecule has 2 aromatic heterocycles. The third kappa shape index (κ3) is 5.39. The van der Waals surface area contributed by atoms with Crippen LogP contribution >= 0.6 is 11.3 Å². The number of aryl methyl sites for hydroxylation is 1. The van der Waals surface area contributed by atoms with Gasteiger partial charge < -0.3 is 19.6 Å². The predicted molar refractivity (Wildman–Crippen MR) is 93.0 cm³/mol.